The Balaban J connectivity index is 0.993. The van der Waals surface area contributed by atoms with Gasteiger partial charge in [-0.3, -0.25) is 9.98 Å². The van der Waals surface area contributed by atoms with Gasteiger partial charge < -0.3 is 5.32 Å². The lowest BCUT2D eigenvalue weighted by Crippen LogP contribution is -2.32. The predicted octanol–water partition coefficient (Wildman–Crippen LogP) is 12.6. The van der Waals surface area contributed by atoms with Gasteiger partial charge in [0, 0.05) is 35.2 Å². The van der Waals surface area contributed by atoms with Crippen molar-refractivity contribution in [2.24, 2.45) is 15.9 Å². The van der Waals surface area contributed by atoms with Gasteiger partial charge in [0.1, 0.15) is 5.84 Å². The molecule has 1 aliphatic carbocycles. The van der Waals surface area contributed by atoms with Gasteiger partial charge in [-0.1, -0.05) is 176 Å². The molecule has 0 aromatic heterocycles. The van der Waals surface area contributed by atoms with Crippen molar-refractivity contribution in [2.75, 3.05) is 0 Å². The van der Waals surface area contributed by atoms with Gasteiger partial charge in [0.05, 0.1) is 11.7 Å². The molecule has 0 amide bonds. The van der Waals surface area contributed by atoms with Crippen molar-refractivity contribution in [2.45, 2.75) is 24.8 Å². The van der Waals surface area contributed by atoms with Gasteiger partial charge in [0.25, 0.3) is 0 Å². The van der Waals surface area contributed by atoms with Gasteiger partial charge in [-0.2, -0.15) is 0 Å². The fourth-order valence-corrected chi connectivity index (χ4v) is 8.55. The van der Waals surface area contributed by atoms with Crippen molar-refractivity contribution in [3.63, 3.8) is 0 Å². The number of nitrogens with zero attached hydrogens (tertiary/aromatic N) is 2. The molecule has 1 N–H and O–H groups in total. The Bertz CT molecular complexity index is 2710. The van der Waals surface area contributed by atoms with Crippen molar-refractivity contribution in [1.82, 2.24) is 5.32 Å². The molecule has 0 saturated carbocycles. The summed E-state index contributed by atoms with van der Waals surface area (Å²) in [5.41, 5.74) is 14.2. The topological polar surface area (TPSA) is 36.8 Å². The first kappa shape index (κ1) is 33.7. The molecule has 7 aromatic carbocycles. The summed E-state index contributed by atoms with van der Waals surface area (Å²) in [5.74, 6) is 1.38. The van der Waals surface area contributed by atoms with Crippen LogP contribution >= 0.6 is 0 Å². The molecular weight excluding hydrogens is 679 g/mol. The number of hydrogen-bond donors (Lipinski definition) is 1. The van der Waals surface area contributed by atoms with Crippen LogP contribution < -0.4 is 5.32 Å². The number of amidine groups is 1. The maximum Gasteiger partial charge on any atom is 0.133 e. The molecule has 2 heterocycles. The zero-order chi connectivity index (χ0) is 37.3. The minimum atomic E-state index is 0.00408. The average Bonchev–Trinajstić information content (AvgIpc) is 3.29. The molecule has 10 rings (SSSR count). The average molecular weight is 720 g/mol. The van der Waals surface area contributed by atoms with Crippen molar-refractivity contribution in [1.29, 1.82) is 0 Å². The molecule has 3 heteroatoms. The summed E-state index contributed by atoms with van der Waals surface area (Å²) in [6, 6.07) is 63.0. The minimum absolute atomic E-state index is 0.00408. The summed E-state index contributed by atoms with van der Waals surface area (Å²) in [6.07, 6.45) is 11.1. The van der Waals surface area contributed by atoms with Crippen LogP contribution in [-0.2, 0) is 0 Å². The van der Waals surface area contributed by atoms with E-state index in [1.807, 2.05) is 0 Å². The first-order valence-corrected chi connectivity index (χ1v) is 19.6. The summed E-state index contributed by atoms with van der Waals surface area (Å²) in [5, 5.41) is 6.21. The largest absolute Gasteiger partial charge is 0.340 e. The van der Waals surface area contributed by atoms with Crippen LogP contribution in [0.25, 0.3) is 33.2 Å². The molecule has 2 aliphatic heterocycles. The Labute approximate surface area is 328 Å². The minimum Gasteiger partial charge on any atom is -0.340 e. The quantitative estimate of drug-likeness (QED) is 0.175. The highest BCUT2D eigenvalue weighted by Gasteiger charge is 2.28. The van der Waals surface area contributed by atoms with E-state index in [0.29, 0.717) is 0 Å². The number of nitrogens with one attached hydrogen (secondary N) is 1. The molecule has 3 atom stereocenters. The van der Waals surface area contributed by atoms with Crippen molar-refractivity contribution < 1.29 is 0 Å². The third-order valence-corrected chi connectivity index (χ3v) is 11.5. The monoisotopic (exact) mass is 719 g/mol. The lowest BCUT2D eigenvalue weighted by Gasteiger charge is -2.28. The smallest absolute Gasteiger partial charge is 0.133 e. The molecule has 0 bridgehead atoms. The number of rotatable bonds is 7. The van der Waals surface area contributed by atoms with E-state index in [-0.39, 0.29) is 17.9 Å². The summed E-state index contributed by atoms with van der Waals surface area (Å²) in [6.45, 7) is 0. The van der Waals surface area contributed by atoms with E-state index in [4.69, 9.17) is 9.98 Å². The second-order valence-electron chi connectivity index (χ2n) is 14.9. The molecule has 56 heavy (non-hydrogen) atoms. The van der Waals surface area contributed by atoms with E-state index >= 15 is 0 Å². The Morgan fingerprint density at radius 3 is 1.95 bits per heavy atom. The van der Waals surface area contributed by atoms with Gasteiger partial charge in [0.15, 0.2) is 0 Å². The molecule has 3 aliphatic rings. The highest BCUT2D eigenvalue weighted by atomic mass is 15.0. The molecule has 7 aromatic rings. The van der Waals surface area contributed by atoms with Gasteiger partial charge >= 0.3 is 0 Å². The molecule has 0 fully saturated rings. The second-order valence-corrected chi connectivity index (χ2v) is 14.9. The van der Waals surface area contributed by atoms with Crippen LogP contribution in [0.5, 0.6) is 0 Å². The molecule has 3 unspecified atom stereocenters. The molecule has 0 saturated heterocycles. The SMILES string of the molecule is C1=CC(C2C=C(c3ccccc3)NC(c3cccc(-c4ccc5c6c(ccc5c4)N=C(c4ccccc4)CC6c4ccccc4)c3)=N2)CC=C1c1ccccc1. The Morgan fingerprint density at radius 2 is 1.21 bits per heavy atom. The van der Waals surface area contributed by atoms with Crippen LogP contribution in [0.2, 0.25) is 0 Å². The number of benzene rings is 7. The van der Waals surface area contributed by atoms with E-state index in [2.05, 4.69) is 206 Å². The van der Waals surface area contributed by atoms with Crippen LogP contribution in [-0.4, -0.2) is 17.6 Å². The Morgan fingerprint density at radius 1 is 0.554 bits per heavy atom. The number of fused-ring (bicyclic) bond motifs is 3. The standard InChI is InChI=1S/C53H41N3/c1-5-14-36(15-6-1)37-24-26-41(27-25-37)51-35-50(40-20-11-4-12-21-40)55-53(56-51)45-23-13-22-42(33-45)43-28-30-46-44(32-43)29-31-48-52(46)47(38-16-7-2-8-17-38)34-49(54-48)39-18-9-3-10-19-39/h1-26,28-33,35,41,47,51H,27,34H2,(H,55,56). The van der Waals surface area contributed by atoms with Crippen LogP contribution in [0.4, 0.5) is 5.69 Å². The fraction of sp³-hybridized carbons (Fsp3) is 0.0943. The summed E-state index contributed by atoms with van der Waals surface area (Å²) >= 11 is 0. The van der Waals surface area contributed by atoms with Crippen molar-refractivity contribution in [3.8, 4) is 11.1 Å². The third kappa shape index (κ3) is 6.62. The van der Waals surface area contributed by atoms with E-state index in [1.165, 1.54) is 44.2 Å². The highest BCUT2D eigenvalue weighted by molar-refractivity contribution is 6.07. The lowest BCUT2D eigenvalue weighted by molar-refractivity contribution is 0.578. The maximum atomic E-state index is 5.38. The van der Waals surface area contributed by atoms with Gasteiger partial charge in [-0.15, -0.1) is 0 Å². The normalized spacial score (nSPS) is 18.9. The third-order valence-electron chi connectivity index (χ3n) is 11.5. The number of hydrogen-bond acceptors (Lipinski definition) is 3. The maximum absolute atomic E-state index is 5.38. The molecule has 0 spiro atoms. The molecule has 0 radical (unpaired) electrons. The zero-order valence-electron chi connectivity index (χ0n) is 31.1. The molecular formula is C53H41N3. The van der Waals surface area contributed by atoms with Gasteiger partial charge in [0.2, 0.25) is 0 Å². The van der Waals surface area contributed by atoms with E-state index in [9.17, 15) is 0 Å². The predicted molar refractivity (Wildman–Crippen MR) is 234 cm³/mol. The number of allylic oxidation sites excluding steroid dienone is 3. The molecule has 268 valence electrons. The van der Waals surface area contributed by atoms with Crippen LogP contribution in [0.1, 0.15) is 52.1 Å². The van der Waals surface area contributed by atoms with Crippen LogP contribution in [0.15, 0.2) is 210 Å². The summed E-state index contributed by atoms with van der Waals surface area (Å²) < 4.78 is 0. The van der Waals surface area contributed by atoms with Gasteiger partial charge in [-0.05, 0) is 86.0 Å². The fourth-order valence-electron chi connectivity index (χ4n) is 8.55. The summed E-state index contributed by atoms with van der Waals surface area (Å²) in [4.78, 5) is 10.6. The first-order chi connectivity index (χ1) is 27.7. The van der Waals surface area contributed by atoms with E-state index in [1.54, 1.807) is 0 Å². The Kier molecular flexibility index (Phi) is 8.89. The Hall–Kier alpha value is -6.84. The molecule has 3 nitrogen and oxygen atoms in total. The van der Waals surface area contributed by atoms with E-state index in [0.717, 1.165) is 52.5 Å². The number of aliphatic imine (C=N–C) groups is 2. The van der Waals surface area contributed by atoms with Crippen molar-refractivity contribution in [3.05, 3.63) is 234 Å². The van der Waals surface area contributed by atoms with Crippen molar-refractivity contribution >= 4 is 39.3 Å². The zero-order valence-corrected chi connectivity index (χ0v) is 31.1. The highest BCUT2D eigenvalue weighted by Crippen LogP contribution is 2.45. The van der Waals surface area contributed by atoms with E-state index < -0.39 is 0 Å². The summed E-state index contributed by atoms with van der Waals surface area (Å²) in [7, 11) is 0. The lowest BCUT2D eigenvalue weighted by atomic mass is 9.80. The first-order valence-electron chi connectivity index (χ1n) is 19.6. The van der Waals surface area contributed by atoms with Crippen LogP contribution in [0, 0.1) is 5.92 Å². The van der Waals surface area contributed by atoms with Gasteiger partial charge in [-0.25, -0.2) is 0 Å². The second kappa shape index (κ2) is 14.8. The van der Waals surface area contributed by atoms with Crippen LogP contribution in [0.3, 0.4) is 0 Å².